The van der Waals surface area contributed by atoms with Gasteiger partial charge in [0.05, 0.1) is 7.11 Å². The number of hydrogen-bond acceptors (Lipinski definition) is 2. The normalized spacial score (nSPS) is 10.2. The Bertz CT molecular complexity index is 590. The van der Waals surface area contributed by atoms with Gasteiger partial charge in [0.1, 0.15) is 5.75 Å². The Morgan fingerprint density at radius 3 is 2.48 bits per heavy atom. The Morgan fingerprint density at radius 2 is 1.81 bits per heavy atom. The topological polar surface area (TPSA) is 38.3 Å². The van der Waals surface area contributed by atoms with E-state index in [-0.39, 0.29) is 5.91 Å². The third-order valence-electron chi connectivity index (χ3n) is 3.38. The zero-order chi connectivity index (χ0) is 15.1. The number of methoxy groups -OCH3 is 1. The highest BCUT2D eigenvalue weighted by atomic mass is 16.5. The number of rotatable bonds is 6. The molecule has 0 aliphatic rings. The number of para-hydroxylation sites is 1. The fourth-order valence-corrected chi connectivity index (χ4v) is 2.17. The highest BCUT2D eigenvalue weighted by Crippen LogP contribution is 2.29. The summed E-state index contributed by atoms with van der Waals surface area (Å²) >= 11 is 0. The maximum atomic E-state index is 12.0. The molecule has 0 spiro atoms. The van der Waals surface area contributed by atoms with Gasteiger partial charge in [0, 0.05) is 17.7 Å². The van der Waals surface area contributed by atoms with Crippen LogP contribution in [0.1, 0.15) is 30.1 Å². The molecule has 0 aliphatic heterocycles. The van der Waals surface area contributed by atoms with Crippen LogP contribution >= 0.6 is 0 Å². The van der Waals surface area contributed by atoms with Gasteiger partial charge in [0.15, 0.2) is 0 Å². The van der Waals surface area contributed by atoms with Crippen LogP contribution in [0.15, 0.2) is 48.5 Å². The Hall–Kier alpha value is -2.29. The van der Waals surface area contributed by atoms with Crippen LogP contribution in [0.2, 0.25) is 0 Å². The summed E-state index contributed by atoms with van der Waals surface area (Å²) in [5.74, 6) is 0.813. The first kappa shape index (κ1) is 15.1. The van der Waals surface area contributed by atoms with E-state index in [0.717, 1.165) is 36.3 Å². The standard InChI is InChI=1S/C18H21NO2/c1-3-4-13-19-18(20)15-11-9-14(10-12-15)16-7-5-6-8-17(16)21-2/h5-12H,3-4,13H2,1-2H3,(H,19,20). The highest BCUT2D eigenvalue weighted by Gasteiger charge is 2.07. The maximum absolute atomic E-state index is 12.0. The van der Waals surface area contributed by atoms with Crippen LogP contribution in [0, 0.1) is 0 Å². The van der Waals surface area contributed by atoms with E-state index in [2.05, 4.69) is 12.2 Å². The van der Waals surface area contributed by atoms with Gasteiger partial charge in [-0.1, -0.05) is 43.7 Å². The van der Waals surface area contributed by atoms with Gasteiger partial charge < -0.3 is 10.1 Å². The van der Waals surface area contributed by atoms with Crippen LogP contribution in [0.5, 0.6) is 5.75 Å². The minimum Gasteiger partial charge on any atom is -0.496 e. The zero-order valence-corrected chi connectivity index (χ0v) is 12.6. The molecule has 0 aliphatic carbocycles. The van der Waals surface area contributed by atoms with Crippen molar-refractivity contribution in [2.75, 3.05) is 13.7 Å². The zero-order valence-electron chi connectivity index (χ0n) is 12.6. The van der Waals surface area contributed by atoms with Gasteiger partial charge >= 0.3 is 0 Å². The van der Waals surface area contributed by atoms with Gasteiger partial charge in [-0.15, -0.1) is 0 Å². The molecule has 0 radical (unpaired) electrons. The van der Waals surface area contributed by atoms with Crippen molar-refractivity contribution >= 4 is 5.91 Å². The summed E-state index contributed by atoms with van der Waals surface area (Å²) in [4.78, 5) is 12.0. The van der Waals surface area contributed by atoms with E-state index in [1.54, 1.807) is 7.11 Å². The quantitative estimate of drug-likeness (QED) is 0.817. The molecule has 2 rings (SSSR count). The molecule has 0 bridgehead atoms. The van der Waals surface area contributed by atoms with Crippen LogP contribution in [0.4, 0.5) is 0 Å². The number of benzene rings is 2. The lowest BCUT2D eigenvalue weighted by atomic mass is 10.0. The van der Waals surface area contributed by atoms with Gasteiger partial charge in [-0.2, -0.15) is 0 Å². The van der Waals surface area contributed by atoms with Crippen LogP contribution < -0.4 is 10.1 Å². The third kappa shape index (κ3) is 3.85. The fraction of sp³-hybridized carbons (Fsp3) is 0.278. The number of unbranched alkanes of at least 4 members (excludes halogenated alkanes) is 1. The van der Waals surface area contributed by atoms with Crippen molar-refractivity contribution in [2.24, 2.45) is 0 Å². The molecule has 3 nitrogen and oxygen atoms in total. The lowest BCUT2D eigenvalue weighted by Crippen LogP contribution is -2.24. The van der Waals surface area contributed by atoms with Gasteiger partial charge in [-0.05, 0) is 30.2 Å². The monoisotopic (exact) mass is 283 g/mol. The lowest BCUT2D eigenvalue weighted by molar-refractivity contribution is 0.0953. The predicted molar refractivity (Wildman–Crippen MR) is 85.7 cm³/mol. The highest BCUT2D eigenvalue weighted by molar-refractivity contribution is 5.94. The number of nitrogens with one attached hydrogen (secondary N) is 1. The molecule has 0 aromatic heterocycles. The van der Waals surface area contributed by atoms with E-state index in [9.17, 15) is 4.79 Å². The summed E-state index contributed by atoms with van der Waals surface area (Å²) in [6.45, 7) is 2.83. The van der Waals surface area contributed by atoms with Crippen molar-refractivity contribution in [1.29, 1.82) is 0 Å². The van der Waals surface area contributed by atoms with Crippen molar-refractivity contribution in [3.05, 3.63) is 54.1 Å². The molecule has 0 heterocycles. The molecule has 0 fully saturated rings. The summed E-state index contributed by atoms with van der Waals surface area (Å²) in [6, 6.07) is 15.5. The molecule has 0 saturated heterocycles. The molecule has 0 unspecified atom stereocenters. The van der Waals surface area contributed by atoms with Crippen LogP contribution in [-0.4, -0.2) is 19.6 Å². The smallest absolute Gasteiger partial charge is 0.251 e. The Morgan fingerprint density at radius 1 is 1.10 bits per heavy atom. The van der Waals surface area contributed by atoms with E-state index in [4.69, 9.17) is 4.74 Å². The van der Waals surface area contributed by atoms with E-state index < -0.39 is 0 Å². The Balaban J connectivity index is 2.13. The van der Waals surface area contributed by atoms with Gasteiger partial charge in [-0.3, -0.25) is 4.79 Å². The summed E-state index contributed by atoms with van der Waals surface area (Å²) in [5.41, 5.74) is 2.75. The average Bonchev–Trinajstić information content (AvgIpc) is 2.55. The van der Waals surface area contributed by atoms with Crippen molar-refractivity contribution < 1.29 is 9.53 Å². The number of carbonyl (C=O) groups excluding carboxylic acids is 1. The van der Waals surface area contributed by atoms with Crippen LogP contribution in [-0.2, 0) is 0 Å². The molecule has 1 amide bonds. The molecular formula is C18H21NO2. The molecule has 2 aromatic carbocycles. The van der Waals surface area contributed by atoms with E-state index in [0.29, 0.717) is 5.56 Å². The number of amides is 1. The first-order valence-corrected chi connectivity index (χ1v) is 7.28. The van der Waals surface area contributed by atoms with Crippen molar-refractivity contribution in [1.82, 2.24) is 5.32 Å². The predicted octanol–water partition coefficient (Wildman–Crippen LogP) is 3.89. The van der Waals surface area contributed by atoms with E-state index in [1.807, 2.05) is 48.5 Å². The molecule has 0 saturated carbocycles. The molecule has 21 heavy (non-hydrogen) atoms. The van der Waals surface area contributed by atoms with Crippen molar-refractivity contribution in [2.45, 2.75) is 19.8 Å². The summed E-state index contributed by atoms with van der Waals surface area (Å²) in [7, 11) is 1.66. The van der Waals surface area contributed by atoms with Crippen LogP contribution in [0.25, 0.3) is 11.1 Å². The third-order valence-corrected chi connectivity index (χ3v) is 3.38. The molecule has 3 heteroatoms. The van der Waals surface area contributed by atoms with E-state index in [1.165, 1.54) is 0 Å². The van der Waals surface area contributed by atoms with E-state index >= 15 is 0 Å². The molecule has 110 valence electrons. The second-order valence-electron chi connectivity index (χ2n) is 4.89. The van der Waals surface area contributed by atoms with Crippen molar-refractivity contribution in [3.8, 4) is 16.9 Å². The Kier molecular flexibility index (Phi) is 5.38. The first-order valence-electron chi connectivity index (χ1n) is 7.28. The first-order chi connectivity index (χ1) is 10.3. The maximum Gasteiger partial charge on any atom is 0.251 e. The summed E-state index contributed by atoms with van der Waals surface area (Å²) in [6.07, 6.45) is 2.08. The number of carbonyl (C=O) groups is 1. The van der Waals surface area contributed by atoms with Gasteiger partial charge in [-0.25, -0.2) is 0 Å². The largest absolute Gasteiger partial charge is 0.496 e. The number of ether oxygens (including phenoxy) is 1. The number of hydrogen-bond donors (Lipinski definition) is 1. The minimum atomic E-state index is -0.0185. The molecule has 0 atom stereocenters. The summed E-state index contributed by atoms with van der Waals surface area (Å²) in [5, 5.41) is 2.92. The van der Waals surface area contributed by atoms with Crippen LogP contribution in [0.3, 0.4) is 0 Å². The minimum absolute atomic E-state index is 0.0185. The second kappa shape index (κ2) is 7.48. The summed E-state index contributed by atoms with van der Waals surface area (Å²) < 4.78 is 5.36. The Labute approximate surface area is 126 Å². The average molecular weight is 283 g/mol. The molecular weight excluding hydrogens is 262 g/mol. The van der Waals surface area contributed by atoms with Gasteiger partial charge in [0.25, 0.3) is 5.91 Å². The second-order valence-corrected chi connectivity index (χ2v) is 4.89. The molecule has 2 aromatic rings. The van der Waals surface area contributed by atoms with Crippen molar-refractivity contribution in [3.63, 3.8) is 0 Å². The SMILES string of the molecule is CCCCNC(=O)c1ccc(-c2ccccc2OC)cc1. The van der Waals surface area contributed by atoms with Gasteiger partial charge in [0.2, 0.25) is 0 Å². The fourth-order valence-electron chi connectivity index (χ4n) is 2.17. The molecule has 1 N–H and O–H groups in total. The lowest BCUT2D eigenvalue weighted by Gasteiger charge is -2.09.